The first-order chi connectivity index (χ1) is 14.3. The molecule has 154 valence electrons. The average Bonchev–Trinajstić information content (AvgIpc) is 2.74. The number of halogens is 4. The molecule has 0 aliphatic rings. The van der Waals surface area contributed by atoms with E-state index in [0.29, 0.717) is 0 Å². The topological polar surface area (TPSA) is 52.6 Å². The van der Waals surface area contributed by atoms with Gasteiger partial charge in [0.15, 0.2) is 0 Å². The molecule has 0 bridgehead atoms. The molecule has 0 saturated heterocycles. The quantitative estimate of drug-likeness (QED) is 0.420. The number of hydrogen-bond donors (Lipinski definition) is 0. The van der Waals surface area contributed by atoms with Crippen molar-refractivity contribution in [3.63, 3.8) is 0 Å². The molecule has 0 spiro atoms. The minimum atomic E-state index is -0.969. The van der Waals surface area contributed by atoms with Gasteiger partial charge in [-0.25, -0.2) is 27.2 Å². The van der Waals surface area contributed by atoms with Gasteiger partial charge in [0.25, 0.3) is 0 Å². The standard InChI is InChI=1S/C22H14F4O4/c23-15-5-7-19(25)13(9-15)11-29-21(27)17-3-1-2-4-18(17)22(28)30-12-14-10-16(24)6-8-20(14)26/h1-10H,11-12H2. The normalized spacial score (nSPS) is 10.5. The first-order valence-electron chi connectivity index (χ1n) is 8.66. The van der Waals surface area contributed by atoms with E-state index in [1.54, 1.807) is 0 Å². The van der Waals surface area contributed by atoms with Crippen LogP contribution >= 0.6 is 0 Å². The molecule has 30 heavy (non-hydrogen) atoms. The number of ether oxygens (including phenoxy) is 2. The molecule has 3 aromatic rings. The lowest BCUT2D eigenvalue weighted by Gasteiger charge is -2.11. The molecule has 3 aromatic carbocycles. The Morgan fingerprint density at radius 3 is 1.43 bits per heavy atom. The highest BCUT2D eigenvalue weighted by atomic mass is 19.1. The Morgan fingerprint density at radius 1 is 0.633 bits per heavy atom. The summed E-state index contributed by atoms with van der Waals surface area (Å²) in [6, 6.07) is 10.9. The highest BCUT2D eigenvalue weighted by Crippen LogP contribution is 2.17. The van der Waals surface area contributed by atoms with Gasteiger partial charge < -0.3 is 9.47 Å². The first-order valence-corrected chi connectivity index (χ1v) is 8.66. The van der Waals surface area contributed by atoms with Crippen LogP contribution in [-0.4, -0.2) is 11.9 Å². The third-order valence-corrected chi connectivity index (χ3v) is 4.10. The third-order valence-electron chi connectivity index (χ3n) is 4.10. The van der Waals surface area contributed by atoms with Gasteiger partial charge in [-0.1, -0.05) is 12.1 Å². The zero-order valence-corrected chi connectivity index (χ0v) is 15.3. The summed E-state index contributed by atoms with van der Waals surface area (Å²) >= 11 is 0. The molecule has 0 aliphatic heterocycles. The fourth-order valence-electron chi connectivity index (χ4n) is 2.59. The molecule has 0 saturated carbocycles. The lowest BCUT2D eigenvalue weighted by atomic mass is 10.1. The minimum Gasteiger partial charge on any atom is -0.457 e. The van der Waals surface area contributed by atoms with Crippen LogP contribution in [-0.2, 0) is 22.7 Å². The fraction of sp³-hybridized carbons (Fsp3) is 0.0909. The Balaban J connectivity index is 1.71. The molecule has 0 amide bonds. The highest BCUT2D eigenvalue weighted by Gasteiger charge is 2.20. The summed E-state index contributed by atoms with van der Waals surface area (Å²) in [7, 11) is 0. The molecule has 0 aliphatic carbocycles. The summed E-state index contributed by atoms with van der Waals surface area (Å²) in [5, 5.41) is 0. The van der Waals surface area contributed by atoms with Gasteiger partial charge in [0.1, 0.15) is 36.5 Å². The van der Waals surface area contributed by atoms with Crippen molar-refractivity contribution in [2.75, 3.05) is 0 Å². The number of rotatable bonds is 6. The van der Waals surface area contributed by atoms with E-state index >= 15 is 0 Å². The van der Waals surface area contributed by atoms with Gasteiger partial charge in [-0.2, -0.15) is 0 Å². The molecule has 8 heteroatoms. The summed E-state index contributed by atoms with van der Waals surface area (Å²) in [5.41, 5.74) is -0.715. The molecular formula is C22H14F4O4. The van der Waals surface area contributed by atoms with Crippen LogP contribution in [0.2, 0.25) is 0 Å². The van der Waals surface area contributed by atoms with Crippen LogP contribution in [0.25, 0.3) is 0 Å². The van der Waals surface area contributed by atoms with Crippen LogP contribution in [0.4, 0.5) is 17.6 Å². The number of benzene rings is 3. The van der Waals surface area contributed by atoms with Crippen LogP contribution in [0.3, 0.4) is 0 Å². The Morgan fingerprint density at radius 2 is 1.03 bits per heavy atom. The monoisotopic (exact) mass is 418 g/mol. The summed E-state index contributed by atoms with van der Waals surface area (Å²) in [6.45, 7) is -1.11. The second-order valence-corrected chi connectivity index (χ2v) is 6.17. The molecule has 0 heterocycles. The van der Waals surface area contributed by atoms with Gasteiger partial charge in [-0.15, -0.1) is 0 Å². The van der Waals surface area contributed by atoms with Gasteiger partial charge in [0.05, 0.1) is 11.1 Å². The maximum Gasteiger partial charge on any atom is 0.339 e. The molecular weight excluding hydrogens is 404 g/mol. The van der Waals surface area contributed by atoms with E-state index in [9.17, 15) is 27.2 Å². The molecule has 0 unspecified atom stereocenters. The Kier molecular flexibility index (Phi) is 6.46. The molecule has 0 fully saturated rings. The smallest absolute Gasteiger partial charge is 0.339 e. The lowest BCUT2D eigenvalue weighted by molar-refractivity contribution is 0.0421. The van der Waals surface area contributed by atoms with Gasteiger partial charge in [-0.05, 0) is 48.5 Å². The van der Waals surface area contributed by atoms with Gasteiger partial charge in [0.2, 0.25) is 0 Å². The Bertz CT molecular complexity index is 1010. The number of hydrogen-bond acceptors (Lipinski definition) is 4. The summed E-state index contributed by atoms with van der Waals surface area (Å²) in [4.78, 5) is 24.7. The van der Waals surface area contributed by atoms with Gasteiger partial charge in [-0.3, -0.25) is 0 Å². The van der Waals surface area contributed by atoms with Crippen molar-refractivity contribution in [3.05, 3.63) is 106 Å². The number of esters is 2. The van der Waals surface area contributed by atoms with Gasteiger partial charge >= 0.3 is 11.9 Å². The lowest BCUT2D eigenvalue weighted by Crippen LogP contribution is -2.14. The van der Waals surface area contributed by atoms with E-state index in [-0.39, 0.29) is 22.3 Å². The second-order valence-electron chi connectivity index (χ2n) is 6.17. The van der Waals surface area contributed by atoms with Gasteiger partial charge in [0, 0.05) is 11.1 Å². The maximum absolute atomic E-state index is 13.7. The van der Waals surface area contributed by atoms with E-state index in [1.807, 2.05) is 0 Å². The molecule has 0 atom stereocenters. The largest absolute Gasteiger partial charge is 0.457 e. The van der Waals surface area contributed by atoms with Crippen molar-refractivity contribution < 1.29 is 36.6 Å². The van der Waals surface area contributed by atoms with Crippen LogP contribution in [0.15, 0.2) is 60.7 Å². The summed E-state index contributed by atoms with van der Waals surface area (Å²) in [5.74, 6) is -4.85. The fourth-order valence-corrected chi connectivity index (χ4v) is 2.59. The van der Waals surface area contributed by atoms with Crippen LogP contribution in [0.1, 0.15) is 31.8 Å². The molecule has 0 aromatic heterocycles. The highest BCUT2D eigenvalue weighted by molar-refractivity contribution is 6.03. The molecule has 0 radical (unpaired) electrons. The second kappa shape index (κ2) is 9.21. The zero-order chi connectivity index (χ0) is 21.7. The minimum absolute atomic E-state index is 0.176. The third kappa shape index (κ3) is 5.02. The Hall–Kier alpha value is -3.68. The van der Waals surface area contributed by atoms with E-state index in [4.69, 9.17) is 9.47 Å². The number of carbonyl (C=O) groups excluding carboxylic acids is 2. The SMILES string of the molecule is O=C(OCc1cc(F)ccc1F)c1ccccc1C(=O)OCc1cc(F)ccc1F. The van der Waals surface area contributed by atoms with E-state index in [1.165, 1.54) is 24.3 Å². The molecule has 4 nitrogen and oxygen atoms in total. The average molecular weight is 418 g/mol. The van der Waals surface area contributed by atoms with Crippen molar-refractivity contribution in [3.8, 4) is 0 Å². The molecule has 0 N–H and O–H groups in total. The number of carbonyl (C=O) groups is 2. The van der Waals surface area contributed by atoms with Crippen molar-refractivity contribution in [1.29, 1.82) is 0 Å². The van der Waals surface area contributed by atoms with Crippen LogP contribution in [0.5, 0.6) is 0 Å². The van der Waals surface area contributed by atoms with Crippen molar-refractivity contribution >= 4 is 11.9 Å². The Labute approximate surface area is 168 Å². The van der Waals surface area contributed by atoms with Crippen LogP contribution in [0, 0.1) is 23.3 Å². The van der Waals surface area contributed by atoms with Crippen molar-refractivity contribution in [1.82, 2.24) is 0 Å². The predicted octanol–water partition coefficient (Wildman–Crippen LogP) is 4.96. The zero-order valence-electron chi connectivity index (χ0n) is 15.3. The van der Waals surface area contributed by atoms with Crippen molar-refractivity contribution in [2.45, 2.75) is 13.2 Å². The summed E-state index contributed by atoms with van der Waals surface area (Å²) in [6.07, 6.45) is 0. The summed E-state index contributed by atoms with van der Waals surface area (Å²) < 4.78 is 63.7. The maximum atomic E-state index is 13.7. The predicted molar refractivity (Wildman–Crippen MR) is 97.4 cm³/mol. The van der Waals surface area contributed by atoms with E-state index in [2.05, 4.69) is 0 Å². The van der Waals surface area contributed by atoms with Crippen LogP contribution < -0.4 is 0 Å². The first kappa shape index (κ1) is 21.0. The van der Waals surface area contributed by atoms with E-state index in [0.717, 1.165) is 36.4 Å². The molecule has 3 rings (SSSR count). The van der Waals surface area contributed by atoms with Crippen molar-refractivity contribution in [2.24, 2.45) is 0 Å². The van der Waals surface area contributed by atoms with E-state index < -0.39 is 48.4 Å².